The van der Waals surface area contributed by atoms with Crippen LogP contribution in [0.25, 0.3) is 0 Å². The highest BCUT2D eigenvalue weighted by molar-refractivity contribution is 5.75. The normalized spacial score (nSPS) is 12.8. The number of aryl methyl sites for hydroxylation is 2. The molecule has 0 radical (unpaired) electrons. The van der Waals surface area contributed by atoms with Crippen LogP contribution in [0.5, 0.6) is 0 Å². The van der Waals surface area contributed by atoms with Gasteiger partial charge in [-0.1, -0.05) is 23.8 Å². The van der Waals surface area contributed by atoms with Crippen molar-refractivity contribution in [3.8, 4) is 0 Å². The van der Waals surface area contributed by atoms with Crippen molar-refractivity contribution >= 4 is 5.78 Å². The highest BCUT2D eigenvalue weighted by Crippen LogP contribution is 2.27. The number of ketones is 1. The Kier molecular flexibility index (Phi) is 4.88. The second-order valence-electron chi connectivity index (χ2n) is 5.08. The quantitative estimate of drug-likeness (QED) is 0.778. The summed E-state index contributed by atoms with van der Waals surface area (Å²) in [7, 11) is 4.15. The molecule has 0 saturated heterocycles. The summed E-state index contributed by atoms with van der Waals surface area (Å²) in [5.41, 5.74) is 3.93. The average molecular weight is 233 g/mol. The Balaban J connectivity index is 2.96. The van der Waals surface area contributed by atoms with E-state index in [1.165, 1.54) is 16.7 Å². The molecular weight excluding hydrogens is 210 g/mol. The zero-order valence-electron chi connectivity index (χ0n) is 11.6. The van der Waals surface area contributed by atoms with E-state index in [2.05, 4.69) is 51.0 Å². The van der Waals surface area contributed by atoms with Crippen molar-refractivity contribution < 1.29 is 4.79 Å². The number of carbonyl (C=O) groups is 1. The van der Waals surface area contributed by atoms with Crippen LogP contribution in [0.3, 0.4) is 0 Å². The van der Waals surface area contributed by atoms with E-state index in [4.69, 9.17) is 0 Å². The molecule has 0 bridgehead atoms. The monoisotopic (exact) mass is 233 g/mol. The van der Waals surface area contributed by atoms with Crippen LogP contribution in [0.15, 0.2) is 18.2 Å². The van der Waals surface area contributed by atoms with Gasteiger partial charge in [-0.3, -0.25) is 0 Å². The molecule has 0 aromatic heterocycles. The minimum atomic E-state index is 0.266. The molecule has 0 fully saturated rings. The Bertz CT molecular complexity index is 396. The average Bonchev–Trinajstić information content (AvgIpc) is 2.22. The van der Waals surface area contributed by atoms with Gasteiger partial charge < -0.3 is 9.69 Å². The molecule has 0 N–H and O–H groups in total. The molecule has 17 heavy (non-hydrogen) atoms. The van der Waals surface area contributed by atoms with Crippen LogP contribution in [0, 0.1) is 13.8 Å². The highest BCUT2D eigenvalue weighted by Gasteiger charge is 2.16. The Hall–Kier alpha value is -1.15. The highest BCUT2D eigenvalue weighted by atomic mass is 16.1. The molecular formula is C15H23NO. The second kappa shape index (κ2) is 5.97. The van der Waals surface area contributed by atoms with Crippen molar-refractivity contribution in [2.75, 3.05) is 14.1 Å². The molecule has 1 unspecified atom stereocenters. The molecule has 2 heteroatoms. The van der Waals surface area contributed by atoms with Gasteiger partial charge in [-0.05, 0) is 52.4 Å². The third kappa shape index (κ3) is 3.97. The fourth-order valence-corrected chi connectivity index (χ4v) is 2.15. The number of nitrogens with zero attached hydrogens (tertiary/aromatic N) is 1. The number of carbonyl (C=O) groups excluding carboxylic acids is 1. The third-order valence-electron chi connectivity index (χ3n) is 3.19. The summed E-state index contributed by atoms with van der Waals surface area (Å²) in [6.45, 7) is 5.91. The maximum absolute atomic E-state index is 11.1. The van der Waals surface area contributed by atoms with Crippen molar-refractivity contribution in [1.82, 2.24) is 4.90 Å². The minimum Gasteiger partial charge on any atom is -0.302 e. The SMILES string of the molecule is CC(=O)CCC(c1cc(C)ccc1C)N(C)C. The molecule has 94 valence electrons. The number of Topliss-reactive ketones (excluding diaryl/α,β-unsaturated/α-hetero) is 1. The Morgan fingerprint density at radius 2 is 1.94 bits per heavy atom. The van der Waals surface area contributed by atoms with Crippen LogP contribution < -0.4 is 0 Å². The van der Waals surface area contributed by atoms with Gasteiger partial charge in [0.1, 0.15) is 5.78 Å². The number of rotatable bonds is 5. The van der Waals surface area contributed by atoms with Crippen molar-refractivity contribution in [2.24, 2.45) is 0 Å². The van der Waals surface area contributed by atoms with Gasteiger partial charge in [-0.15, -0.1) is 0 Å². The zero-order chi connectivity index (χ0) is 13.0. The van der Waals surface area contributed by atoms with E-state index in [-0.39, 0.29) is 5.78 Å². The lowest BCUT2D eigenvalue weighted by atomic mass is 9.94. The fourth-order valence-electron chi connectivity index (χ4n) is 2.15. The predicted molar refractivity (Wildman–Crippen MR) is 72.3 cm³/mol. The van der Waals surface area contributed by atoms with Crippen LogP contribution in [-0.4, -0.2) is 24.8 Å². The summed E-state index contributed by atoms with van der Waals surface area (Å²) >= 11 is 0. The summed E-state index contributed by atoms with van der Waals surface area (Å²) in [6.07, 6.45) is 1.54. The smallest absolute Gasteiger partial charge is 0.129 e. The van der Waals surface area contributed by atoms with E-state index in [9.17, 15) is 4.79 Å². The lowest BCUT2D eigenvalue weighted by Gasteiger charge is -2.26. The Morgan fingerprint density at radius 1 is 1.29 bits per heavy atom. The van der Waals surface area contributed by atoms with E-state index >= 15 is 0 Å². The molecule has 0 spiro atoms. The van der Waals surface area contributed by atoms with E-state index in [1.807, 2.05) is 0 Å². The number of hydrogen-bond donors (Lipinski definition) is 0. The molecule has 0 amide bonds. The van der Waals surface area contributed by atoms with E-state index < -0.39 is 0 Å². The molecule has 0 aliphatic carbocycles. The molecule has 1 atom stereocenters. The van der Waals surface area contributed by atoms with Crippen LogP contribution in [0.2, 0.25) is 0 Å². The summed E-state index contributed by atoms with van der Waals surface area (Å²) in [5.74, 6) is 0.266. The van der Waals surface area contributed by atoms with Gasteiger partial charge in [0.25, 0.3) is 0 Å². The van der Waals surface area contributed by atoms with E-state index in [0.29, 0.717) is 12.5 Å². The maximum Gasteiger partial charge on any atom is 0.129 e. The molecule has 0 saturated carbocycles. The van der Waals surface area contributed by atoms with Gasteiger partial charge >= 0.3 is 0 Å². The molecule has 1 aromatic rings. The van der Waals surface area contributed by atoms with E-state index in [0.717, 1.165) is 6.42 Å². The molecule has 0 aliphatic rings. The minimum absolute atomic E-state index is 0.266. The van der Waals surface area contributed by atoms with Crippen LogP contribution in [0.4, 0.5) is 0 Å². The first kappa shape index (κ1) is 13.9. The number of benzene rings is 1. The first-order chi connectivity index (χ1) is 7.91. The second-order valence-corrected chi connectivity index (χ2v) is 5.08. The predicted octanol–water partition coefficient (Wildman–Crippen LogP) is 3.28. The summed E-state index contributed by atoms with van der Waals surface area (Å²) in [4.78, 5) is 13.3. The van der Waals surface area contributed by atoms with Crippen LogP contribution in [-0.2, 0) is 4.79 Å². The summed E-state index contributed by atoms with van der Waals surface area (Å²) in [6, 6.07) is 6.87. The van der Waals surface area contributed by atoms with Gasteiger partial charge in [0.05, 0.1) is 0 Å². The van der Waals surface area contributed by atoms with Gasteiger partial charge in [0, 0.05) is 12.5 Å². The molecule has 0 heterocycles. The Labute approximate surface area is 105 Å². The van der Waals surface area contributed by atoms with Gasteiger partial charge in [-0.25, -0.2) is 0 Å². The maximum atomic E-state index is 11.1. The molecule has 0 aliphatic heterocycles. The van der Waals surface area contributed by atoms with Crippen LogP contribution in [0.1, 0.15) is 42.5 Å². The summed E-state index contributed by atoms with van der Waals surface area (Å²) in [5, 5.41) is 0. The first-order valence-electron chi connectivity index (χ1n) is 6.15. The van der Waals surface area contributed by atoms with Crippen molar-refractivity contribution in [1.29, 1.82) is 0 Å². The van der Waals surface area contributed by atoms with Crippen molar-refractivity contribution in [3.05, 3.63) is 34.9 Å². The Morgan fingerprint density at radius 3 is 2.47 bits per heavy atom. The first-order valence-corrected chi connectivity index (χ1v) is 6.15. The topological polar surface area (TPSA) is 20.3 Å². The fraction of sp³-hybridized carbons (Fsp3) is 0.533. The molecule has 1 aromatic carbocycles. The zero-order valence-corrected chi connectivity index (χ0v) is 11.6. The molecule has 2 nitrogen and oxygen atoms in total. The number of hydrogen-bond acceptors (Lipinski definition) is 2. The van der Waals surface area contributed by atoms with Crippen molar-refractivity contribution in [2.45, 2.75) is 39.7 Å². The lowest BCUT2D eigenvalue weighted by Crippen LogP contribution is -2.21. The molecule has 1 rings (SSSR count). The lowest BCUT2D eigenvalue weighted by molar-refractivity contribution is -0.117. The van der Waals surface area contributed by atoms with Gasteiger partial charge in [0.2, 0.25) is 0 Å². The van der Waals surface area contributed by atoms with Crippen LogP contribution >= 0.6 is 0 Å². The van der Waals surface area contributed by atoms with Crippen molar-refractivity contribution in [3.63, 3.8) is 0 Å². The summed E-state index contributed by atoms with van der Waals surface area (Å²) < 4.78 is 0. The standard InChI is InChI=1S/C15H23NO/c1-11-6-7-12(2)14(10-11)15(16(4)5)9-8-13(3)17/h6-7,10,15H,8-9H2,1-5H3. The van der Waals surface area contributed by atoms with E-state index in [1.54, 1.807) is 6.92 Å². The third-order valence-corrected chi connectivity index (χ3v) is 3.19. The van der Waals surface area contributed by atoms with Gasteiger partial charge in [-0.2, -0.15) is 0 Å². The largest absolute Gasteiger partial charge is 0.302 e. The van der Waals surface area contributed by atoms with Gasteiger partial charge in [0.15, 0.2) is 0 Å².